The van der Waals surface area contributed by atoms with Gasteiger partial charge in [0.05, 0.1) is 0 Å². The predicted molar refractivity (Wildman–Crippen MR) is 61.5 cm³/mol. The van der Waals surface area contributed by atoms with Crippen LogP contribution in [0.2, 0.25) is 0 Å². The van der Waals surface area contributed by atoms with Crippen molar-refractivity contribution in [3.8, 4) is 0 Å². The highest BCUT2D eigenvalue weighted by Gasteiger charge is 2.33. The molecule has 1 aromatic rings. The fraction of sp³-hybridized carbons (Fsp3) is 0.231. The molecule has 0 atom stereocenters. The predicted octanol–water partition coefficient (Wildman–Crippen LogP) is 2.36. The first-order valence-electron chi connectivity index (χ1n) is 5.11. The number of rotatable bonds is 2. The molecule has 0 saturated carbocycles. The van der Waals surface area contributed by atoms with Crippen LogP contribution in [-0.2, 0) is 9.53 Å². The summed E-state index contributed by atoms with van der Waals surface area (Å²) in [6, 6.07) is 3.78. The maximum atomic E-state index is 11.5. The van der Waals surface area contributed by atoms with E-state index in [0.29, 0.717) is 5.76 Å². The normalized spacial score (nSPS) is 18.6. The molecule has 0 N–H and O–H groups in total. The smallest absolute Gasteiger partial charge is 0.202 e. The molecular weight excluding hydrogens is 202 g/mol. The van der Waals surface area contributed by atoms with Crippen LogP contribution in [0.3, 0.4) is 0 Å². The zero-order valence-corrected chi connectivity index (χ0v) is 9.31. The highest BCUT2D eigenvalue weighted by Crippen LogP contribution is 2.25. The molecule has 3 nitrogen and oxygen atoms in total. The number of ether oxygens (including phenoxy) is 1. The molecule has 16 heavy (non-hydrogen) atoms. The van der Waals surface area contributed by atoms with Crippen LogP contribution in [0.15, 0.2) is 42.4 Å². The van der Waals surface area contributed by atoms with E-state index in [4.69, 9.17) is 4.74 Å². The van der Waals surface area contributed by atoms with E-state index in [1.807, 2.05) is 18.2 Å². The first-order chi connectivity index (χ1) is 7.58. The molecule has 1 aliphatic rings. The van der Waals surface area contributed by atoms with Gasteiger partial charge < -0.3 is 4.74 Å². The van der Waals surface area contributed by atoms with Gasteiger partial charge in [0.15, 0.2) is 5.60 Å². The molecule has 0 amide bonds. The zero-order chi connectivity index (χ0) is 11.6. The van der Waals surface area contributed by atoms with Crippen molar-refractivity contribution >= 4 is 11.9 Å². The summed E-state index contributed by atoms with van der Waals surface area (Å²) in [6.07, 6.45) is 8.65. The van der Waals surface area contributed by atoms with Crippen molar-refractivity contribution in [2.24, 2.45) is 0 Å². The van der Waals surface area contributed by atoms with Crippen LogP contribution in [0.25, 0.3) is 6.08 Å². The molecule has 1 aliphatic heterocycles. The van der Waals surface area contributed by atoms with Gasteiger partial charge in [-0.2, -0.15) is 0 Å². The lowest BCUT2D eigenvalue weighted by molar-refractivity contribution is -0.126. The monoisotopic (exact) mass is 215 g/mol. The first-order valence-corrected chi connectivity index (χ1v) is 5.11. The Kier molecular flexibility index (Phi) is 2.60. The number of hydrogen-bond acceptors (Lipinski definition) is 3. The minimum absolute atomic E-state index is 0.00174. The van der Waals surface area contributed by atoms with Gasteiger partial charge in [0.1, 0.15) is 5.76 Å². The van der Waals surface area contributed by atoms with Crippen molar-refractivity contribution < 1.29 is 9.53 Å². The number of ketones is 1. The van der Waals surface area contributed by atoms with Gasteiger partial charge in [0.25, 0.3) is 0 Å². The fourth-order valence-corrected chi connectivity index (χ4v) is 1.41. The summed E-state index contributed by atoms with van der Waals surface area (Å²) in [4.78, 5) is 15.4. The van der Waals surface area contributed by atoms with Gasteiger partial charge in [-0.1, -0.05) is 6.08 Å². The third-order valence-corrected chi connectivity index (χ3v) is 2.39. The maximum Gasteiger partial charge on any atom is 0.202 e. The molecule has 0 unspecified atom stereocenters. The van der Waals surface area contributed by atoms with Crippen LogP contribution in [-0.4, -0.2) is 16.4 Å². The van der Waals surface area contributed by atoms with E-state index in [0.717, 1.165) is 5.56 Å². The summed E-state index contributed by atoms with van der Waals surface area (Å²) < 4.78 is 5.49. The summed E-state index contributed by atoms with van der Waals surface area (Å²) in [7, 11) is 0. The topological polar surface area (TPSA) is 39.2 Å². The molecule has 0 saturated heterocycles. The van der Waals surface area contributed by atoms with E-state index < -0.39 is 5.60 Å². The summed E-state index contributed by atoms with van der Waals surface area (Å²) in [6.45, 7) is 3.53. The van der Waals surface area contributed by atoms with Crippen LogP contribution >= 0.6 is 0 Å². The maximum absolute atomic E-state index is 11.5. The molecular formula is C13H13NO2. The summed E-state index contributed by atoms with van der Waals surface area (Å²) in [5.74, 6) is 0.605. The highest BCUT2D eigenvalue weighted by atomic mass is 16.5. The number of carbonyl (C=O) groups excluding carboxylic acids is 1. The third kappa shape index (κ3) is 2.19. The van der Waals surface area contributed by atoms with Crippen molar-refractivity contribution in [1.82, 2.24) is 4.98 Å². The summed E-state index contributed by atoms with van der Waals surface area (Å²) in [5, 5.41) is 0. The van der Waals surface area contributed by atoms with Crippen molar-refractivity contribution in [2.75, 3.05) is 0 Å². The quantitative estimate of drug-likeness (QED) is 0.760. The first kappa shape index (κ1) is 10.6. The van der Waals surface area contributed by atoms with E-state index in [2.05, 4.69) is 4.98 Å². The zero-order valence-electron chi connectivity index (χ0n) is 9.31. The van der Waals surface area contributed by atoms with Gasteiger partial charge in [0.2, 0.25) is 5.78 Å². The summed E-state index contributed by atoms with van der Waals surface area (Å²) >= 11 is 0. The number of nitrogens with zero attached hydrogens (tertiary/aromatic N) is 1. The Morgan fingerprint density at radius 3 is 2.50 bits per heavy atom. The lowest BCUT2D eigenvalue weighted by Gasteiger charge is -2.16. The van der Waals surface area contributed by atoms with Gasteiger partial charge in [-0.15, -0.1) is 0 Å². The minimum atomic E-state index is -0.724. The molecule has 0 aromatic carbocycles. The Bertz CT molecular complexity index is 458. The minimum Gasteiger partial charge on any atom is -0.480 e. The molecule has 3 heteroatoms. The Labute approximate surface area is 94.5 Å². The van der Waals surface area contributed by atoms with Crippen molar-refractivity contribution in [1.29, 1.82) is 0 Å². The van der Waals surface area contributed by atoms with Gasteiger partial charge >= 0.3 is 0 Å². The van der Waals surface area contributed by atoms with Gasteiger partial charge in [-0.25, -0.2) is 0 Å². The molecule has 1 aromatic heterocycles. The molecule has 0 spiro atoms. The lowest BCUT2D eigenvalue weighted by Crippen LogP contribution is -2.27. The number of carbonyl (C=O) groups is 1. The van der Waals surface area contributed by atoms with Gasteiger partial charge in [0, 0.05) is 18.5 Å². The SMILES string of the molecule is CC1(C)OC(C=Cc2ccncc2)=CC1=O. The van der Waals surface area contributed by atoms with E-state index >= 15 is 0 Å². The van der Waals surface area contributed by atoms with Crippen LogP contribution in [0.5, 0.6) is 0 Å². The van der Waals surface area contributed by atoms with E-state index in [-0.39, 0.29) is 5.78 Å². The molecule has 0 fully saturated rings. The Morgan fingerprint density at radius 1 is 1.25 bits per heavy atom. The standard InChI is InChI=1S/C13H13NO2/c1-13(2)12(15)9-11(16-13)4-3-10-5-7-14-8-6-10/h3-9H,1-2H3. The average molecular weight is 215 g/mol. The van der Waals surface area contributed by atoms with Crippen LogP contribution in [0.4, 0.5) is 0 Å². The Balaban J connectivity index is 2.11. The van der Waals surface area contributed by atoms with Gasteiger partial charge in [-0.3, -0.25) is 9.78 Å². The largest absolute Gasteiger partial charge is 0.480 e. The second kappa shape index (κ2) is 3.93. The third-order valence-electron chi connectivity index (χ3n) is 2.39. The van der Waals surface area contributed by atoms with E-state index in [9.17, 15) is 4.79 Å². The Morgan fingerprint density at radius 2 is 1.94 bits per heavy atom. The number of allylic oxidation sites excluding steroid dienone is 1. The second-order valence-corrected chi connectivity index (χ2v) is 4.14. The number of pyridine rings is 1. The highest BCUT2D eigenvalue weighted by molar-refractivity contribution is 5.99. The fourth-order valence-electron chi connectivity index (χ4n) is 1.41. The summed E-state index contributed by atoms with van der Waals surface area (Å²) in [5.41, 5.74) is 0.300. The van der Waals surface area contributed by atoms with Crippen LogP contribution < -0.4 is 0 Å². The average Bonchev–Trinajstić information content (AvgIpc) is 2.52. The van der Waals surface area contributed by atoms with Crippen molar-refractivity contribution in [2.45, 2.75) is 19.4 Å². The molecule has 2 heterocycles. The number of aromatic nitrogens is 1. The van der Waals surface area contributed by atoms with Crippen LogP contribution in [0.1, 0.15) is 19.4 Å². The van der Waals surface area contributed by atoms with Crippen LogP contribution in [0, 0.1) is 0 Å². The molecule has 0 aliphatic carbocycles. The van der Waals surface area contributed by atoms with Gasteiger partial charge in [-0.05, 0) is 37.6 Å². The molecule has 82 valence electrons. The Hall–Kier alpha value is -1.90. The van der Waals surface area contributed by atoms with Crippen molar-refractivity contribution in [3.05, 3.63) is 48.0 Å². The van der Waals surface area contributed by atoms with E-state index in [1.165, 1.54) is 6.08 Å². The van der Waals surface area contributed by atoms with E-state index in [1.54, 1.807) is 32.3 Å². The van der Waals surface area contributed by atoms with Crippen molar-refractivity contribution in [3.63, 3.8) is 0 Å². The lowest BCUT2D eigenvalue weighted by atomic mass is 10.1. The molecule has 0 radical (unpaired) electrons. The molecule has 2 rings (SSSR count). The molecule has 0 bridgehead atoms. The number of hydrogen-bond donors (Lipinski definition) is 0. The second-order valence-electron chi connectivity index (χ2n) is 4.14.